The van der Waals surface area contributed by atoms with Gasteiger partial charge in [0.05, 0.1) is 13.2 Å². The molecule has 1 unspecified atom stereocenters. The van der Waals surface area contributed by atoms with Gasteiger partial charge in [-0.2, -0.15) is 5.10 Å². The van der Waals surface area contributed by atoms with Gasteiger partial charge in [-0.05, 0) is 55.2 Å². The molecule has 6 nitrogen and oxygen atoms in total. The van der Waals surface area contributed by atoms with E-state index in [9.17, 15) is 9.90 Å². The van der Waals surface area contributed by atoms with Crippen molar-refractivity contribution in [2.24, 2.45) is 0 Å². The van der Waals surface area contributed by atoms with Crippen LogP contribution in [-0.4, -0.2) is 39.8 Å². The summed E-state index contributed by atoms with van der Waals surface area (Å²) in [4.78, 5) is 15.3. The minimum atomic E-state index is -0.288. The number of amides is 1. The van der Waals surface area contributed by atoms with E-state index in [0.717, 1.165) is 47.3 Å². The molecule has 31 heavy (non-hydrogen) atoms. The molecule has 0 fully saturated rings. The van der Waals surface area contributed by atoms with Crippen molar-refractivity contribution >= 4 is 5.91 Å². The van der Waals surface area contributed by atoms with Crippen molar-refractivity contribution in [3.63, 3.8) is 0 Å². The van der Waals surface area contributed by atoms with Gasteiger partial charge >= 0.3 is 0 Å². The second-order valence-electron chi connectivity index (χ2n) is 8.22. The van der Waals surface area contributed by atoms with Gasteiger partial charge < -0.3 is 14.7 Å². The summed E-state index contributed by atoms with van der Waals surface area (Å²) in [5.41, 5.74) is 5.37. The molecule has 1 aliphatic rings. The highest BCUT2D eigenvalue weighted by Crippen LogP contribution is 2.45. The van der Waals surface area contributed by atoms with Crippen LogP contribution in [0.15, 0.2) is 36.4 Å². The Hall–Kier alpha value is -3.28. The number of phenolic OH excluding ortho intramolecular Hbond substituents is 1. The van der Waals surface area contributed by atoms with Crippen LogP contribution in [0.5, 0.6) is 11.5 Å². The smallest absolute Gasteiger partial charge is 0.273 e. The fourth-order valence-corrected chi connectivity index (χ4v) is 4.46. The van der Waals surface area contributed by atoms with Crippen LogP contribution in [0.25, 0.3) is 11.3 Å². The minimum absolute atomic E-state index is 0.0541. The Morgan fingerprint density at radius 2 is 2.00 bits per heavy atom. The molecule has 2 N–H and O–H groups in total. The van der Waals surface area contributed by atoms with E-state index in [1.54, 1.807) is 7.11 Å². The average molecular weight is 420 g/mol. The molecule has 3 aromatic rings. The van der Waals surface area contributed by atoms with E-state index in [2.05, 4.69) is 17.1 Å². The summed E-state index contributed by atoms with van der Waals surface area (Å²) in [6.45, 7) is 6.68. The molecular weight excluding hydrogens is 390 g/mol. The number of nitrogens with one attached hydrogen (secondary N) is 1. The summed E-state index contributed by atoms with van der Waals surface area (Å²) in [5.74, 6) is 0.883. The average Bonchev–Trinajstić information content (AvgIpc) is 3.30. The molecule has 0 aliphatic carbocycles. The molecule has 1 aliphatic heterocycles. The Balaban J connectivity index is 1.88. The molecule has 1 atom stereocenters. The van der Waals surface area contributed by atoms with Gasteiger partial charge in [-0.1, -0.05) is 38.0 Å². The summed E-state index contributed by atoms with van der Waals surface area (Å²) in [5, 5.41) is 18.2. The van der Waals surface area contributed by atoms with Gasteiger partial charge in [0, 0.05) is 17.7 Å². The van der Waals surface area contributed by atoms with Crippen molar-refractivity contribution in [1.29, 1.82) is 0 Å². The van der Waals surface area contributed by atoms with Crippen molar-refractivity contribution in [2.45, 2.75) is 46.1 Å². The molecule has 2 aromatic carbocycles. The molecular formula is C25H29N3O3. The number of rotatable bonds is 7. The van der Waals surface area contributed by atoms with Crippen LogP contribution < -0.4 is 4.74 Å². The Morgan fingerprint density at radius 1 is 1.19 bits per heavy atom. The number of hydrogen-bond donors (Lipinski definition) is 2. The number of fused-ring (bicyclic) bond motifs is 1. The van der Waals surface area contributed by atoms with Gasteiger partial charge in [0.15, 0.2) is 0 Å². The van der Waals surface area contributed by atoms with E-state index < -0.39 is 0 Å². The lowest BCUT2D eigenvalue weighted by Crippen LogP contribution is -2.30. The number of H-pyrrole nitrogens is 1. The number of phenols is 1. The predicted molar refractivity (Wildman–Crippen MR) is 121 cm³/mol. The monoisotopic (exact) mass is 419 g/mol. The summed E-state index contributed by atoms with van der Waals surface area (Å²) in [6.07, 6.45) is 3.08. The van der Waals surface area contributed by atoms with Crippen molar-refractivity contribution in [3.8, 4) is 22.8 Å². The summed E-state index contributed by atoms with van der Waals surface area (Å²) < 4.78 is 5.44. The summed E-state index contributed by atoms with van der Waals surface area (Å²) in [7, 11) is 1.64. The van der Waals surface area contributed by atoms with E-state index in [1.807, 2.05) is 55.1 Å². The second kappa shape index (κ2) is 8.46. The molecule has 0 radical (unpaired) electrons. The Kier molecular flexibility index (Phi) is 5.72. The fourth-order valence-electron chi connectivity index (χ4n) is 4.46. The first kappa shape index (κ1) is 21.0. The number of aryl methyl sites for hydroxylation is 2. The number of methoxy groups -OCH3 is 1. The maximum absolute atomic E-state index is 13.4. The zero-order chi connectivity index (χ0) is 22.1. The van der Waals surface area contributed by atoms with Crippen molar-refractivity contribution in [1.82, 2.24) is 15.1 Å². The highest BCUT2D eigenvalue weighted by Gasteiger charge is 2.42. The highest BCUT2D eigenvalue weighted by atomic mass is 16.5. The number of hydrogen-bond acceptors (Lipinski definition) is 4. The molecule has 6 heteroatoms. The Labute approximate surface area is 182 Å². The Bertz CT molecular complexity index is 1120. The lowest BCUT2D eigenvalue weighted by atomic mass is 9.94. The molecule has 0 bridgehead atoms. The molecule has 0 spiro atoms. The number of aromatic hydroxyl groups is 1. The SMILES string of the molecule is CCCCCN1C(=O)c2[nH]nc(-c3cc(C)cc(C)c3O)c2C1c1cccc(OC)c1. The van der Waals surface area contributed by atoms with E-state index in [1.165, 1.54) is 0 Å². The van der Waals surface area contributed by atoms with Crippen LogP contribution in [0.4, 0.5) is 0 Å². The number of ether oxygens (including phenoxy) is 1. The van der Waals surface area contributed by atoms with Crippen LogP contribution >= 0.6 is 0 Å². The molecule has 1 amide bonds. The minimum Gasteiger partial charge on any atom is -0.507 e. The fraction of sp³-hybridized carbons (Fsp3) is 0.360. The van der Waals surface area contributed by atoms with Crippen LogP contribution in [0.3, 0.4) is 0 Å². The molecule has 4 rings (SSSR count). The third-order valence-electron chi connectivity index (χ3n) is 5.98. The first-order chi connectivity index (χ1) is 15.0. The third kappa shape index (κ3) is 3.67. The zero-order valence-corrected chi connectivity index (χ0v) is 18.5. The number of benzene rings is 2. The molecule has 0 saturated heterocycles. The van der Waals surface area contributed by atoms with Crippen molar-refractivity contribution in [3.05, 3.63) is 64.3 Å². The number of carbonyl (C=O) groups is 1. The van der Waals surface area contributed by atoms with Gasteiger partial charge in [0.25, 0.3) is 5.91 Å². The lowest BCUT2D eigenvalue weighted by Gasteiger charge is -2.26. The normalized spacial score (nSPS) is 15.4. The number of aromatic nitrogens is 2. The van der Waals surface area contributed by atoms with Gasteiger partial charge in [-0.3, -0.25) is 9.89 Å². The quantitative estimate of drug-likeness (QED) is 0.520. The summed E-state index contributed by atoms with van der Waals surface area (Å²) >= 11 is 0. The number of aromatic amines is 1. The largest absolute Gasteiger partial charge is 0.507 e. The van der Waals surface area contributed by atoms with E-state index in [-0.39, 0.29) is 17.7 Å². The van der Waals surface area contributed by atoms with Crippen LogP contribution in [0, 0.1) is 13.8 Å². The number of unbranched alkanes of at least 4 members (excludes halogenated alkanes) is 2. The molecule has 2 heterocycles. The maximum atomic E-state index is 13.4. The van der Waals surface area contributed by atoms with Crippen LogP contribution in [-0.2, 0) is 0 Å². The second-order valence-corrected chi connectivity index (χ2v) is 8.22. The van der Waals surface area contributed by atoms with Crippen molar-refractivity contribution < 1.29 is 14.6 Å². The molecule has 162 valence electrons. The van der Waals surface area contributed by atoms with Gasteiger partial charge in [-0.15, -0.1) is 0 Å². The van der Waals surface area contributed by atoms with Gasteiger partial charge in [-0.25, -0.2) is 0 Å². The Morgan fingerprint density at radius 3 is 2.74 bits per heavy atom. The lowest BCUT2D eigenvalue weighted by molar-refractivity contribution is 0.0740. The first-order valence-electron chi connectivity index (χ1n) is 10.8. The van der Waals surface area contributed by atoms with Crippen LogP contribution in [0.2, 0.25) is 0 Å². The van der Waals surface area contributed by atoms with Gasteiger partial charge in [0.1, 0.15) is 22.9 Å². The summed E-state index contributed by atoms with van der Waals surface area (Å²) in [6, 6.07) is 11.4. The number of carbonyl (C=O) groups excluding carboxylic acids is 1. The van der Waals surface area contributed by atoms with E-state index in [0.29, 0.717) is 23.5 Å². The zero-order valence-electron chi connectivity index (χ0n) is 18.5. The topological polar surface area (TPSA) is 78.5 Å². The van der Waals surface area contributed by atoms with E-state index in [4.69, 9.17) is 4.74 Å². The maximum Gasteiger partial charge on any atom is 0.273 e. The highest BCUT2D eigenvalue weighted by molar-refractivity contribution is 6.00. The number of nitrogens with zero attached hydrogens (tertiary/aromatic N) is 2. The van der Waals surface area contributed by atoms with Gasteiger partial charge in [0.2, 0.25) is 0 Å². The standard InChI is InChI=1S/C25H29N3O3/c1-5-6-7-11-28-23(17-9-8-10-18(14-17)31-4)20-21(26-27-22(20)25(28)30)19-13-15(2)12-16(3)24(19)29/h8-10,12-14,23,29H,5-7,11H2,1-4H3,(H,26,27). The molecule has 0 saturated carbocycles. The first-order valence-corrected chi connectivity index (χ1v) is 10.8. The van der Waals surface area contributed by atoms with E-state index >= 15 is 0 Å². The third-order valence-corrected chi connectivity index (χ3v) is 5.98. The van der Waals surface area contributed by atoms with Crippen molar-refractivity contribution in [2.75, 3.05) is 13.7 Å². The van der Waals surface area contributed by atoms with Crippen LogP contribution in [0.1, 0.15) is 65.0 Å². The predicted octanol–water partition coefficient (Wildman–Crippen LogP) is 5.14. The molecule has 1 aromatic heterocycles.